The van der Waals surface area contributed by atoms with Crippen molar-refractivity contribution in [1.82, 2.24) is 20.4 Å². The third kappa shape index (κ3) is 9.95. The van der Waals surface area contributed by atoms with Crippen LogP contribution in [0, 0.1) is 0 Å². The van der Waals surface area contributed by atoms with Gasteiger partial charge in [-0.2, -0.15) is 0 Å². The lowest BCUT2D eigenvalue weighted by atomic mass is 10.1. The predicted molar refractivity (Wildman–Crippen MR) is 143 cm³/mol. The van der Waals surface area contributed by atoms with Gasteiger partial charge in [0.1, 0.15) is 5.75 Å². The second-order valence-corrected chi connectivity index (χ2v) is 8.46. The van der Waals surface area contributed by atoms with Gasteiger partial charge in [-0.15, -0.1) is 24.0 Å². The summed E-state index contributed by atoms with van der Waals surface area (Å²) in [5.74, 6) is 1.83. The molecule has 0 radical (unpaired) electrons. The quantitative estimate of drug-likeness (QED) is 0.179. The number of methoxy groups -OCH3 is 1. The zero-order chi connectivity index (χ0) is 21.8. The first kappa shape index (κ1) is 28.0. The number of hydrogen-bond donors (Lipinski definition) is 2. The molecule has 31 heavy (non-hydrogen) atoms. The maximum atomic E-state index is 5.46. The molecule has 7 heteroatoms. The number of guanidine groups is 1. The number of benzene rings is 1. The smallest absolute Gasteiger partial charge is 0.191 e. The molecule has 1 fully saturated rings. The molecule has 1 unspecified atom stereocenters. The van der Waals surface area contributed by atoms with Crippen molar-refractivity contribution in [2.45, 2.75) is 58.5 Å². The lowest BCUT2D eigenvalue weighted by molar-refractivity contribution is 0.251. The highest BCUT2D eigenvalue weighted by Crippen LogP contribution is 2.27. The van der Waals surface area contributed by atoms with E-state index in [9.17, 15) is 0 Å². The Morgan fingerprint density at radius 3 is 2.58 bits per heavy atom. The fourth-order valence-electron chi connectivity index (χ4n) is 3.80. The van der Waals surface area contributed by atoms with E-state index in [1.807, 2.05) is 6.07 Å². The molecule has 6 nitrogen and oxygen atoms in total. The third-order valence-electron chi connectivity index (χ3n) is 5.94. The lowest BCUT2D eigenvalue weighted by Crippen LogP contribution is -2.39. The summed E-state index contributed by atoms with van der Waals surface area (Å²) in [5.41, 5.74) is 1.28. The molecule has 0 amide bonds. The van der Waals surface area contributed by atoms with Gasteiger partial charge in [-0.3, -0.25) is 9.89 Å². The zero-order valence-corrected chi connectivity index (χ0v) is 22.5. The molecule has 0 saturated carbocycles. The SMILES string of the molecule is CCNC(=NCC(c1cccc(OC)c1)N1CCCC1)NCCCCN(C)C(C)C.I. The number of aliphatic imine (C=N–C) groups is 1. The molecule has 1 heterocycles. The largest absolute Gasteiger partial charge is 0.497 e. The summed E-state index contributed by atoms with van der Waals surface area (Å²) in [5, 5.41) is 6.93. The van der Waals surface area contributed by atoms with Crippen molar-refractivity contribution in [3.63, 3.8) is 0 Å². The summed E-state index contributed by atoms with van der Waals surface area (Å²) < 4.78 is 5.46. The Bertz CT molecular complexity index is 634. The Morgan fingerprint density at radius 1 is 1.19 bits per heavy atom. The molecule has 0 bridgehead atoms. The van der Waals surface area contributed by atoms with E-state index in [2.05, 4.69) is 66.5 Å². The van der Waals surface area contributed by atoms with Crippen LogP contribution in [0.4, 0.5) is 0 Å². The summed E-state index contributed by atoms with van der Waals surface area (Å²) >= 11 is 0. The van der Waals surface area contributed by atoms with Gasteiger partial charge >= 0.3 is 0 Å². The number of halogens is 1. The summed E-state index contributed by atoms with van der Waals surface area (Å²) in [6.45, 7) is 12.6. The third-order valence-corrected chi connectivity index (χ3v) is 5.94. The molecule has 178 valence electrons. The van der Waals surface area contributed by atoms with Crippen LogP contribution in [0.1, 0.15) is 58.1 Å². The fraction of sp³-hybridized carbons (Fsp3) is 0.708. The van der Waals surface area contributed by atoms with E-state index < -0.39 is 0 Å². The molecule has 0 spiro atoms. The van der Waals surface area contributed by atoms with Crippen molar-refractivity contribution >= 4 is 29.9 Å². The molecule has 1 aromatic rings. The van der Waals surface area contributed by atoms with Crippen LogP contribution in [-0.2, 0) is 0 Å². The standard InChI is InChI=1S/C24H43N5O.HI/c1-6-25-24(26-14-7-8-15-28(4)20(2)3)27-19-23(29-16-9-10-17-29)21-12-11-13-22(18-21)30-5;/h11-13,18,20,23H,6-10,14-17,19H2,1-5H3,(H2,25,26,27);1H. The minimum Gasteiger partial charge on any atom is -0.497 e. The van der Waals surface area contributed by atoms with E-state index in [1.165, 1.54) is 24.8 Å². The first-order valence-electron chi connectivity index (χ1n) is 11.7. The number of nitrogens with one attached hydrogen (secondary N) is 2. The second kappa shape index (κ2) is 15.7. The Labute approximate surface area is 207 Å². The molecular formula is C24H44IN5O. The molecular weight excluding hydrogens is 501 g/mol. The van der Waals surface area contributed by atoms with E-state index in [4.69, 9.17) is 9.73 Å². The van der Waals surface area contributed by atoms with Gasteiger partial charge in [0.05, 0.1) is 19.7 Å². The van der Waals surface area contributed by atoms with E-state index in [0.717, 1.165) is 57.4 Å². The topological polar surface area (TPSA) is 52.1 Å². The van der Waals surface area contributed by atoms with Gasteiger partial charge in [-0.25, -0.2) is 0 Å². The van der Waals surface area contributed by atoms with Crippen LogP contribution in [0.15, 0.2) is 29.3 Å². The maximum Gasteiger partial charge on any atom is 0.191 e. The van der Waals surface area contributed by atoms with Crippen LogP contribution in [-0.4, -0.2) is 75.2 Å². The van der Waals surface area contributed by atoms with E-state index in [1.54, 1.807) is 7.11 Å². The van der Waals surface area contributed by atoms with E-state index in [0.29, 0.717) is 6.04 Å². The van der Waals surface area contributed by atoms with Crippen molar-refractivity contribution in [1.29, 1.82) is 0 Å². The van der Waals surface area contributed by atoms with Gasteiger partial charge in [-0.1, -0.05) is 12.1 Å². The van der Waals surface area contributed by atoms with Crippen LogP contribution >= 0.6 is 24.0 Å². The van der Waals surface area contributed by atoms with E-state index in [-0.39, 0.29) is 30.0 Å². The zero-order valence-electron chi connectivity index (χ0n) is 20.2. The number of unbranched alkanes of at least 4 members (excludes halogenated alkanes) is 1. The highest BCUT2D eigenvalue weighted by atomic mass is 127. The lowest BCUT2D eigenvalue weighted by Gasteiger charge is -2.27. The minimum atomic E-state index is 0. The number of rotatable bonds is 12. The first-order chi connectivity index (χ1) is 14.5. The van der Waals surface area contributed by atoms with Crippen LogP contribution in [0.2, 0.25) is 0 Å². The number of hydrogen-bond acceptors (Lipinski definition) is 4. The highest BCUT2D eigenvalue weighted by molar-refractivity contribution is 14.0. The van der Waals surface area contributed by atoms with E-state index >= 15 is 0 Å². The predicted octanol–water partition coefficient (Wildman–Crippen LogP) is 4.13. The van der Waals surface area contributed by atoms with Crippen molar-refractivity contribution in [2.75, 3.05) is 53.4 Å². The van der Waals surface area contributed by atoms with Gasteiger partial charge in [0.2, 0.25) is 0 Å². The molecule has 0 aromatic heterocycles. The maximum absolute atomic E-state index is 5.46. The summed E-state index contributed by atoms with van der Waals surface area (Å²) in [7, 11) is 3.93. The van der Waals surface area contributed by atoms with Crippen LogP contribution in [0.3, 0.4) is 0 Å². The Balaban J connectivity index is 0.00000480. The normalized spacial score (nSPS) is 15.8. The van der Waals surface area contributed by atoms with Gasteiger partial charge in [0.25, 0.3) is 0 Å². The molecule has 1 atom stereocenters. The molecule has 2 rings (SSSR count). The molecule has 1 aromatic carbocycles. The molecule has 1 saturated heterocycles. The molecule has 1 aliphatic rings. The Morgan fingerprint density at radius 2 is 1.94 bits per heavy atom. The van der Waals surface area contributed by atoms with Crippen molar-refractivity contribution in [3.8, 4) is 5.75 Å². The summed E-state index contributed by atoms with van der Waals surface area (Å²) in [6.07, 6.45) is 4.88. The highest BCUT2D eigenvalue weighted by Gasteiger charge is 2.23. The first-order valence-corrected chi connectivity index (χ1v) is 11.7. The van der Waals surface area contributed by atoms with Crippen LogP contribution in [0.25, 0.3) is 0 Å². The van der Waals surface area contributed by atoms with Crippen LogP contribution in [0.5, 0.6) is 5.75 Å². The number of ether oxygens (including phenoxy) is 1. The van der Waals surface area contributed by atoms with Gasteiger partial charge < -0.3 is 20.3 Å². The average Bonchev–Trinajstić information content (AvgIpc) is 3.28. The van der Waals surface area contributed by atoms with Crippen molar-refractivity contribution < 1.29 is 4.74 Å². The number of likely N-dealkylation sites (tertiary alicyclic amines) is 1. The van der Waals surface area contributed by atoms with Crippen molar-refractivity contribution in [2.24, 2.45) is 4.99 Å². The molecule has 0 aliphatic carbocycles. The number of nitrogens with zero attached hydrogens (tertiary/aromatic N) is 3. The van der Waals surface area contributed by atoms with Gasteiger partial charge in [0.15, 0.2) is 5.96 Å². The molecule has 2 N–H and O–H groups in total. The summed E-state index contributed by atoms with van der Waals surface area (Å²) in [6, 6.07) is 9.35. The minimum absolute atomic E-state index is 0. The Hall–Kier alpha value is -1.06. The molecule has 1 aliphatic heterocycles. The van der Waals surface area contributed by atoms with Crippen LogP contribution < -0.4 is 15.4 Å². The monoisotopic (exact) mass is 545 g/mol. The van der Waals surface area contributed by atoms with Gasteiger partial charge in [0, 0.05) is 19.1 Å². The van der Waals surface area contributed by atoms with Crippen molar-refractivity contribution in [3.05, 3.63) is 29.8 Å². The average molecular weight is 546 g/mol. The van der Waals surface area contributed by atoms with Gasteiger partial charge in [-0.05, 0) is 90.8 Å². The Kier molecular flexibility index (Phi) is 14.2. The summed E-state index contributed by atoms with van der Waals surface area (Å²) in [4.78, 5) is 9.91. The fourth-order valence-corrected chi connectivity index (χ4v) is 3.80. The second-order valence-electron chi connectivity index (χ2n) is 8.46.